The lowest BCUT2D eigenvalue weighted by molar-refractivity contribution is -0.138. The number of piperidine rings is 1. The van der Waals surface area contributed by atoms with Crippen molar-refractivity contribution in [1.82, 2.24) is 4.90 Å². The molecule has 1 heterocycles. The fraction of sp³-hybridized carbons (Fsp3) is 0.778. The van der Waals surface area contributed by atoms with Crippen LogP contribution in [0.1, 0.15) is 19.3 Å². The molecule has 1 amide bonds. The molecule has 1 fully saturated rings. The van der Waals surface area contributed by atoms with Gasteiger partial charge in [-0.1, -0.05) is 0 Å². The maximum Gasteiger partial charge on any atom is 0.303 e. The molecule has 1 saturated heterocycles. The van der Waals surface area contributed by atoms with Crippen LogP contribution in [0, 0.1) is 5.92 Å². The molecule has 0 spiro atoms. The van der Waals surface area contributed by atoms with Gasteiger partial charge < -0.3 is 10.8 Å². The monoisotopic (exact) mass is 200 g/mol. The fourth-order valence-corrected chi connectivity index (χ4v) is 1.82. The van der Waals surface area contributed by atoms with Crippen LogP contribution < -0.4 is 5.73 Å². The molecular weight excluding hydrogens is 184 g/mol. The van der Waals surface area contributed by atoms with Gasteiger partial charge in [0, 0.05) is 6.42 Å². The van der Waals surface area contributed by atoms with Gasteiger partial charge in [-0.05, 0) is 31.8 Å². The summed E-state index contributed by atoms with van der Waals surface area (Å²) in [5.41, 5.74) is 5.06. The summed E-state index contributed by atoms with van der Waals surface area (Å²) in [6, 6.07) is 0. The van der Waals surface area contributed by atoms with E-state index in [1.54, 1.807) is 0 Å². The van der Waals surface area contributed by atoms with E-state index in [0.29, 0.717) is 6.54 Å². The van der Waals surface area contributed by atoms with Crippen molar-refractivity contribution in [2.75, 3.05) is 19.6 Å². The minimum absolute atomic E-state index is 0.240. The van der Waals surface area contributed by atoms with E-state index in [-0.39, 0.29) is 18.2 Å². The maximum absolute atomic E-state index is 10.6. The van der Waals surface area contributed by atoms with Crippen molar-refractivity contribution in [1.29, 1.82) is 0 Å². The van der Waals surface area contributed by atoms with Crippen molar-refractivity contribution >= 4 is 11.9 Å². The predicted octanol–water partition coefficient (Wildman–Crippen LogP) is -0.342. The van der Waals surface area contributed by atoms with Crippen LogP contribution in [0.4, 0.5) is 0 Å². The van der Waals surface area contributed by atoms with Gasteiger partial charge in [0.15, 0.2) is 0 Å². The lowest BCUT2D eigenvalue weighted by Crippen LogP contribution is -2.39. The van der Waals surface area contributed by atoms with Gasteiger partial charge in [-0.15, -0.1) is 0 Å². The summed E-state index contributed by atoms with van der Waals surface area (Å²) < 4.78 is 0. The number of carbonyl (C=O) groups excluding carboxylic acids is 1. The first-order valence-electron chi connectivity index (χ1n) is 4.80. The molecule has 0 aromatic rings. The number of nitrogens with two attached hydrogens (primary N) is 1. The van der Waals surface area contributed by atoms with Crippen molar-refractivity contribution in [2.45, 2.75) is 19.3 Å². The summed E-state index contributed by atoms with van der Waals surface area (Å²) in [5.74, 6) is -0.795. The summed E-state index contributed by atoms with van der Waals surface area (Å²) >= 11 is 0. The third-order valence-corrected chi connectivity index (χ3v) is 2.55. The molecule has 1 rings (SSSR count). The number of hydrogen-bond donors (Lipinski definition) is 2. The average molecular weight is 200 g/mol. The molecule has 0 aromatic heterocycles. The van der Waals surface area contributed by atoms with E-state index in [1.807, 2.05) is 4.90 Å². The minimum atomic E-state index is -0.738. The standard InChI is InChI=1S/C9H16N2O3/c10-8(12)6-11-3-1-7(2-4-11)5-9(13)14/h7H,1-6H2,(H2,10,12)(H,13,14). The number of nitrogens with zero attached hydrogens (tertiary/aromatic N) is 1. The highest BCUT2D eigenvalue weighted by molar-refractivity contribution is 5.75. The smallest absolute Gasteiger partial charge is 0.303 e. The molecule has 5 nitrogen and oxygen atoms in total. The normalized spacial score (nSPS) is 19.4. The molecular formula is C9H16N2O3. The van der Waals surface area contributed by atoms with Crippen LogP contribution in [-0.2, 0) is 9.59 Å². The third-order valence-electron chi connectivity index (χ3n) is 2.55. The van der Waals surface area contributed by atoms with Gasteiger partial charge in [0.25, 0.3) is 0 Å². The number of carbonyl (C=O) groups is 2. The van der Waals surface area contributed by atoms with Crippen LogP contribution in [0.3, 0.4) is 0 Å². The first-order valence-corrected chi connectivity index (χ1v) is 4.80. The van der Waals surface area contributed by atoms with Crippen LogP contribution in [0.5, 0.6) is 0 Å². The molecule has 0 aromatic carbocycles. The molecule has 80 valence electrons. The first-order chi connectivity index (χ1) is 6.58. The molecule has 0 atom stereocenters. The topological polar surface area (TPSA) is 83.6 Å². The van der Waals surface area contributed by atoms with Crippen LogP contribution in [0.2, 0.25) is 0 Å². The van der Waals surface area contributed by atoms with Gasteiger partial charge >= 0.3 is 5.97 Å². The number of aliphatic carboxylic acids is 1. The Morgan fingerprint density at radius 3 is 2.36 bits per heavy atom. The van der Waals surface area contributed by atoms with E-state index in [2.05, 4.69) is 0 Å². The van der Waals surface area contributed by atoms with Crippen molar-refractivity contribution in [3.63, 3.8) is 0 Å². The molecule has 0 radical (unpaired) electrons. The summed E-state index contributed by atoms with van der Waals surface area (Å²) in [4.78, 5) is 23.0. The number of primary amides is 1. The van der Waals surface area contributed by atoms with E-state index in [0.717, 1.165) is 25.9 Å². The zero-order chi connectivity index (χ0) is 10.6. The molecule has 1 aliphatic rings. The minimum Gasteiger partial charge on any atom is -0.481 e. The highest BCUT2D eigenvalue weighted by Gasteiger charge is 2.21. The van der Waals surface area contributed by atoms with E-state index >= 15 is 0 Å². The van der Waals surface area contributed by atoms with E-state index in [9.17, 15) is 9.59 Å². The van der Waals surface area contributed by atoms with Crippen molar-refractivity contribution in [3.8, 4) is 0 Å². The Balaban J connectivity index is 2.24. The van der Waals surface area contributed by atoms with Crippen LogP contribution in [0.15, 0.2) is 0 Å². The molecule has 5 heteroatoms. The number of amides is 1. The molecule has 1 aliphatic heterocycles. The van der Waals surface area contributed by atoms with Gasteiger partial charge in [-0.2, -0.15) is 0 Å². The first kappa shape index (κ1) is 11.0. The Kier molecular flexibility index (Phi) is 3.88. The zero-order valence-corrected chi connectivity index (χ0v) is 8.11. The number of rotatable bonds is 4. The molecule has 3 N–H and O–H groups in total. The van der Waals surface area contributed by atoms with Gasteiger partial charge in [-0.25, -0.2) is 0 Å². The fourth-order valence-electron chi connectivity index (χ4n) is 1.82. The largest absolute Gasteiger partial charge is 0.481 e. The zero-order valence-electron chi connectivity index (χ0n) is 8.11. The Morgan fingerprint density at radius 2 is 1.93 bits per heavy atom. The Labute approximate surface area is 82.9 Å². The molecule has 14 heavy (non-hydrogen) atoms. The van der Waals surface area contributed by atoms with E-state index in [4.69, 9.17) is 10.8 Å². The van der Waals surface area contributed by atoms with Crippen LogP contribution >= 0.6 is 0 Å². The van der Waals surface area contributed by atoms with Gasteiger partial charge in [0.1, 0.15) is 0 Å². The second-order valence-corrected chi connectivity index (χ2v) is 3.78. The van der Waals surface area contributed by atoms with Gasteiger partial charge in [-0.3, -0.25) is 14.5 Å². The summed E-state index contributed by atoms with van der Waals surface area (Å²) in [5, 5.41) is 8.59. The average Bonchev–Trinajstić information content (AvgIpc) is 2.06. The van der Waals surface area contributed by atoms with Crippen LogP contribution in [-0.4, -0.2) is 41.5 Å². The second-order valence-electron chi connectivity index (χ2n) is 3.78. The third kappa shape index (κ3) is 3.74. The van der Waals surface area contributed by atoms with Crippen LogP contribution in [0.25, 0.3) is 0 Å². The number of carboxylic acids is 1. The molecule has 0 unspecified atom stereocenters. The summed E-state index contributed by atoms with van der Waals surface area (Å²) in [6.07, 6.45) is 1.93. The van der Waals surface area contributed by atoms with E-state index in [1.165, 1.54) is 0 Å². The quantitative estimate of drug-likeness (QED) is 0.650. The van der Waals surface area contributed by atoms with E-state index < -0.39 is 5.97 Å². The number of hydrogen-bond acceptors (Lipinski definition) is 3. The molecule has 0 aliphatic carbocycles. The van der Waals surface area contributed by atoms with Crippen molar-refractivity contribution < 1.29 is 14.7 Å². The maximum atomic E-state index is 10.6. The van der Waals surface area contributed by atoms with Gasteiger partial charge in [0.2, 0.25) is 5.91 Å². The van der Waals surface area contributed by atoms with Gasteiger partial charge in [0.05, 0.1) is 6.54 Å². The van der Waals surface area contributed by atoms with Crippen molar-refractivity contribution in [3.05, 3.63) is 0 Å². The summed E-state index contributed by atoms with van der Waals surface area (Å²) in [7, 11) is 0. The lowest BCUT2D eigenvalue weighted by atomic mass is 9.94. The Bertz CT molecular complexity index is 198. The SMILES string of the molecule is NC(=O)CN1CCC(CC(=O)O)CC1. The molecule has 0 saturated carbocycles. The summed E-state index contributed by atoms with van der Waals surface area (Å²) in [6.45, 7) is 1.85. The highest BCUT2D eigenvalue weighted by Crippen LogP contribution is 2.19. The molecule has 0 bridgehead atoms. The lowest BCUT2D eigenvalue weighted by Gasteiger charge is -2.30. The number of likely N-dealkylation sites (tertiary alicyclic amines) is 1. The highest BCUT2D eigenvalue weighted by atomic mass is 16.4. The Morgan fingerprint density at radius 1 is 1.36 bits per heavy atom. The Hall–Kier alpha value is -1.10. The second kappa shape index (κ2) is 4.95. The predicted molar refractivity (Wildman–Crippen MR) is 50.6 cm³/mol. The number of carboxylic acid groups (broad SMARTS) is 1. The van der Waals surface area contributed by atoms with Crippen molar-refractivity contribution in [2.24, 2.45) is 11.7 Å².